The molecule has 19 heavy (non-hydrogen) atoms. The fraction of sp³-hybridized carbons (Fsp3) is 0.500. The van der Waals surface area contributed by atoms with Crippen LogP contribution in [0.25, 0.3) is 0 Å². The summed E-state index contributed by atoms with van der Waals surface area (Å²) in [5, 5.41) is 11.8. The first-order valence-corrected chi connectivity index (χ1v) is 6.33. The molecule has 0 saturated heterocycles. The summed E-state index contributed by atoms with van der Waals surface area (Å²) in [6, 6.07) is 4.49. The lowest BCUT2D eigenvalue weighted by atomic mass is 9.87. The van der Waals surface area contributed by atoms with Crippen molar-refractivity contribution >= 4 is 5.69 Å². The van der Waals surface area contributed by atoms with Gasteiger partial charge in [-0.15, -0.1) is 0 Å². The zero-order chi connectivity index (χ0) is 13.8. The van der Waals surface area contributed by atoms with Gasteiger partial charge < -0.3 is 10.1 Å². The Morgan fingerprint density at radius 1 is 1.21 bits per heavy atom. The van der Waals surface area contributed by atoms with Crippen molar-refractivity contribution in [2.75, 3.05) is 12.4 Å². The highest BCUT2D eigenvalue weighted by molar-refractivity contribution is 5.49. The van der Waals surface area contributed by atoms with E-state index in [0.29, 0.717) is 0 Å². The first-order valence-electron chi connectivity index (χ1n) is 6.33. The van der Waals surface area contributed by atoms with Crippen molar-refractivity contribution in [3.63, 3.8) is 0 Å². The quantitative estimate of drug-likeness (QED) is 0.911. The number of nitriles is 1. The molecule has 0 aliphatic heterocycles. The van der Waals surface area contributed by atoms with E-state index in [2.05, 4.69) is 11.4 Å². The van der Waals surface area contributed by atoms with Crippen LogP contribution in [-0.4, -0.2) is 13.2 Å². The van der Waals surface area contributed by atoms with Crippen LogP contribution in [0.4, 0.5) is 14.5 Å². The third-order valence-corrected chi connectivity index (χ3v) is 3.51. The molecule has 2 rings (SSSR count). The Balaban J connectivity index is 2.04. The number of hydrogen-bond donors (Lipinski definition) is 1. The van der Waals surface area contributed by atoms with Gasteiger partial charge in [-0.1, -0.05) is 0 Å². The Morgan fingerprint density at radius 2 is 1.89 bits per heavy atom. The van der Waals surface area contributed by atoms with Gasteiger partial charge in [0.25, 0.3) is 0 Å². The number of rotatable bonds is 3. The van der Waals surface area contributed by atoms with Gasteiger partial charge in [-0.3, -0.25) is 0 Å². The molecule has 0 amide bonds. The standard InChI is InChI=1S/C14H16F2N2O/c1-19-14-7-11(15)13(6-12(14)16)18-10-4-2-9(8-17)3-5-10/h6-7,9-10,18H,2-5H2,1H3. The van der Waals surface area contributed by atoms with Crippen molar-refractivity contribution in [3.8, 4) is 11.8 Å². The van der Waals surface area contributed by atoms with E-state index in [0.717, 1.165) is 37.8 Å². The molecule has 0 radical (unpaired) electrons. The van der Waals surface area contributed by atoms with E-state index >= 15 is 0 Å². The number of ether oxygens (including phenoxy) is 1. The van der Waals surface area contributed by atoms with Crippen LogP contribution in [0, 0.1) is 28.9 Å². The predicted octanol–water partition coefficient (Wildman–Crippen LogP) is 3.47. The summed E-state index contributed by atoms with van der Waals surface area (Å²) in [6.07, 6.45) is 3.19. The third-order valence-electron chi connectivity index (χ3n) is 3.51. The van der Waals surface area contributed by atoms with Crippen LogP contribution in [0.1, 0.15) is 25.7 Å². The molecule has 0 aromatic heterocycles. The maximum Gasteiger partial charge on any atom is 0.167 e. The van der Waals surface area contributed by atoms with Gasteiger partial charge in [-0.25, -0.2) is 8.78 Å². The van der Waals surface area contributed by atoms with Crippen molar-refractivity contribution in [1.29, 1.82) is 5.26 Å². The number of hydrogen-bond acceptors (Lipinski definition) is 3. The Kier molecular flexibility index (Phi) is 4.20. The molecular formula is C14H16F2N2O. The van der Waals surface area contributed by atoms with E-state index < -0.39 is 11.6 Å². The Bertz CT molecular complexity index is 491. The lowest BCUT2D eigenvalue weighted by Gasteiger charge is -2.26. The minimum atomic E-state index is -0.586. The largest absolute Gasteiger partial charge is 0.494 e. The molecule has 1 fully saturated rings. The van der Waals surface area contributed by atoms with Gasteiger partial charge >= 0.3 is 0 Å². The smallest absolute Gasteiger partial charge is 0.167 e. The van der Waals surface area contributed by atoms with Gasteiger partial charge in [0.2, 0.25) is 0 Å². The highest BCUT2D eigenvalue weighted by Gasteiger charge is 2.22. The number of halogens is 2. The molecular weight excluding hydrogens is 250 g/mol. The van der Waals surface area contributed by atoms with Gasteiger partial charge in [0.15, 0.2) is 11.6 Å². The minimum Gasteiger partial charge on any atom is -0.494 e. The van der Waals surface area contributed by atoms with Crippen LogP contribution >= 0.6 is 0 Å². The normalized spacial score (nSPS) is 22.6. The van der Waals surface area contributed by atoms with E-state index in [-0.39, 0.29) is 23.4 Å². The van der Waals surface area contributed by atoms with Gasteiger partial charge in [0.05, 0.1) is 18.9 Å². The van der Waals surface area contributed by atoms with Crippen molar-refractivity contribution in [2.24, 2.45) is 5.92 Å². The average molecular weight is 266 g/mol. The van der Waals surface area contributed by atoms with E-state index in [4.69, 9.17) is 10.00 Å². The van der Waals surface area contributed by atoms with Crippen LogP contribution in [0.2, 0.25) is 0 Å². The maximum absolute atomic E-state index is 13.8. The first-order chi connectivity index (χ1) is 9.13. The number of benzene rings is 1. The van der Waals surface area contributed by atoms with Crippen molar-refractivity contribution in [3.05, 3.63) is 23.8 Å². The summed E-state index contributed by atoms with van der Waals surface area (Å²) in [6.45, 7) is 0. The topological polar surface area (TPSA) is 45.0 Å². The Morgan fingerprint density at radius 3 is 2.47 bits per heavy atom. The number of nitrogens with zero attached hydrogens (tertiary/aromatic N) is 1. The van der Waals surface area contributed by atoms with Gasteiger partial charge in [0, 0.05) is 24.1 Å². The highest BCUT2D eigenvalue weighted by Crippen LogP contribution is 2.29. The molecule has 0 spiro atoms. The molecule has 1 saturated carbocycles. The third kappa shape index (κ3) is 3.14. The second kappa shape index (κ2) is 5.87. The second-order valence-corrected chi connectivity index (χ2v) is 4.79. The van der Waals surface area contributed by atoms with E-state index in [1.165, 1.54) is 7.11 Å². The molecule has 0 atom stereocenters. The van der Waals surface area contributed by atoms with Crippen LogP contribution in [0.5, 0.6) is 5.75 Å². The summed E-state index contributed by atoms with van der Waals surface area (Å²) >= 11 is 0. The minimum absolute atomic E-state index is 0.0897. The molecule has 0 unspecified atom stereocenters. The van der Waals surface area contributed by atoms with E-state index in [1.54, 1.807) is 0 Å². The lowest BCUT2D eigenvalue weighted by Crippen LogP contribution is -2.26. The summed E-state index contributed by atoms with van der Waals surface area (Å²) in [4.78, 5) is 0. The fourth-order valence-electron chi connectivity index (χ4n) is 2.38. The molecule has 5 heteroatoms. The molecule has 1 aliphatic rings. The maximum atomic E-state index is 13.8. The summed E-state index contributed by atoms with van der Waals surface area (Å²) < 4.78 is 32.0. The van der Waals surface area contributed by atoms with E-state index in [1.807, 2.05) is 0 Å². The average Bonchev–Trinajstić information content (AvgIpc) is 2.43. The highest BCUT2D eigenvalue weighted by atomic mass is 19.1. The number of anilines is 1. The molecule has 0 bridgehead atoms. The molecule has 102 valence electrons. The molecule has 1 N–H and O–H groups in total. The molecule has 0 heterocycles. The SMILES string of the molecule is COc1cc(F)c(NC2CCC(C#N)CC2)cc1F. The lowest BCUT2D eigenvalue weighted by molar-refractivity contribution is 0.381. The van der Waals surface area contributed by atoms with Crippen LogP contribution in [0.15, 0.2) is 12.1 Å². The molecule has 1 aromatic rings. The molecule has 1 aromatic carbocycles. The monoisotopic (exact) mass is 266 g/mol. The summed E-state index contributed by atoms with van der Waals surface area (Å²) in [5.74, 6) is -1.12. The van der Waals surface area contributed by atoms with Crippen molar-refractivity contribution < 1.29 is 13.5 Å². The number of methoxy groups -OCH3 is 1. The van der Waals surface area contributed by atoms with Crippen molar-refractivity contribution in [2.45, 2.75) is 31.7 Å². The van der Waals surface area contributed by atoms with Gasteiger partial charge in [0.1, 0.15) is 5.82 Å². The van der Waals surface area contributed by atoms with Crippen LogP contribution < -0.4 is 10.1 Å². The molecule has 1 aliphatic carbocycles. The Labute approximate surface area is 111 Å². The summed E-state index contributed by atoms with van der Waals surface area (Å²) in [5.41, 5.74) is 0.152. The van der Waals surface area contributed by atoms with Crippen molar-refractivity contribution in [1.82, 2.24) is 0 Å². The van der Waals surface area contributed by atoms with Crippen LogP contribution in [-0.2, 0) is 0 Å². The van der Waals surface area contributed by atoms with E-state index in [9.17, 15) is 8.78 Å². The van der Waals surface area contributed by atoms with Gasteiger partial charge in [-0.05, 0) is 25.7 Å². The van der Waals surface area contributed by atoms with Gasteiger partial charge in [-0.2, -0.15) is 5.26 Å². The van der Waals surface area contributed by atoms with Crippen LogP contribution in [0.3, 0.4) is 0 Å². The number of nitrogens with one attached hydrogen (secondary N) is 1. The molecule has 3 nitrogen and oxygen atoms in total. The second-order valence-electron chi connectivity index (χ2n) is 4.79. The summed E-state index contributed by atoms with van der Waals surface area (Å²) in [7, 11) is 1.30. The first kappa shape index (κ1) is 13.6. The zero-order valence-electron chi connectivity index (χ0n) is 10.7. The predicted molar refractivity (Wildman–Crippen MR) is 67.9 cm³/mol. The Hall–Kier alpha value is -1.83. The zero-order valence-corrected chi connectivity index (χ0v) is 10.7. The fourth-order valence-corrected chi connectivity index (χ4v) is 2.38.